The van der Waals surface area contributed by atoms with Crippen molar-refractivity contribution in [3.63, 3.8) is 0 Å². The molecule has 2 rings (SSSR count). The van der Waals surface area contributed by atoms with Crippen LogP contribution in [0.5, 0.6) is 5.75 Å². The van der Waals surface area contributed by atoms with Crippen LogP contribution >= 0.6 is 0 Å². The molecule has 0 aliphatic carbocycles. The van der Waals surface area contributed by atoms with Gasteiger partial charge >= 0.3 is 12.2 Å². The van der Waals surface area contributed by atoms with Gasteiger partial charge in [0.25, 0.3) is 0 Å². The Balaban J connectivity index is 1.85. The van der Waals surface area contributed by atoms with Gasteiger partial charge in [-0.2, -0.15) is 13.2 Å². The van der Waals surface area contributed by atoms with Gasteiger partial charge in [-0.15, -0.1) is 0 Å². The largest absolute Gasteiger partial charge is 0.494 e. The molecule has 0 aromatic heterocycles. The summed E-state index contributed by atoms with van der Waals surface area (Å²) in [5.41, 5.74) is -1.90. The highest BCUT2D eigenvalue weighted by Crippen LogP contribution is 2.37. The average Bonchev–Trinajstić information content (AvgIpc) is 2.93. The van der Waals surface area contributed by atoms with E-state index in [1.165, 1.54) is 0 Å². The van der Waals surface area contributed by atoms with Crippen molar-refractivity contribution in [2.75, 3.05) is 26.2 Å². The second-order valence-corrected chi connectivity index (χ2v) is 5.72. The van der Waals surface area contributed by atoms with Crippen LogP contribution in [-0.2, 0) is 6.42 Å². The zero-order valence-electron chi connectivity index (χ0n) is 13.4. The number of alkyl halides is 3. The highest BCUT2D eigenvalue weighted by atomic mass is 19.4. The van der Waals surface area contributed by atoms with Crippen LogP contribution in [0.25, 0.3) is 0 Å². The Kier molecular flexibility index (Phi) is 5.58. The number of amides is 2. The normalized spacial score (nSPS) is 21.0. The first kappa shape index (κ1) is 18.4. The molecule has 2 N–H and O–H groups in total. The Labute approximate surface area is 138 Å². The number of nitrogens with one attached hydrogen (secondary N) is 1. The number of carbonyl (C=O) groups excluding carboxylic acids is 1. The fourth-order valence-electron chi connectivity index (χ4n) is 2.62. The molecule has 24 heavy (non-hydrogen) atoms. The first-order chi connectivity index (χ1) is 11.3. The topological polar surface area (TPSA) is 61.8 Å². The molecule has 0 radical (unpaired) electrons. The lowest BCUT2D eigenvalue weighted by molar-refractivity contribution is -0.253. The molecule has 1 aliphatic rings. The number of benzene rings is 1. The smallest absolute Gasteiger partial charge is 0.419 e. The molecule has 8 heteroatoms. The Morgan fingerprint density at radius 3 is 2.75 bits per heavy atom. The van der Waals surface area contributed by atoms with Crippen molar-refractivity contribution >= 4 is 6.03 Å². The van der Waals surface area contributed by atoms with Gasteiger partial charge in [0.2, 0.25) is 0 Å². The van der Waals surface area contributed by atoms with Crippen LogP contribution in [0.4, 0.5) is 18.0 Å². The van der Waals surface area contributed by atoms with Crippen molar-refractivity contribution in [2.24, 2.45) is 0 Å². The Bertz CT molecular complexity index is 580. The quantitative estimate of drug-likeness (QED) is 0.860. The van der Waals surface area contributed by atoms with Gasteiger partial charge in [0, 0.05) is 19.5 Å². The van der Waals surface area contributed by atoms with E-state index in [-0.39, 0.29) is 13.1 Å². The van der Waals surface area contributed by atoms with Crippen molar-refractivity contribution < 1.29 is 27.8 Å². The summed E-state index contributed by atoms with van der Waals surface area (Å²) in [5.74, 6) is 0.724. The summed E-state index contributed by atoms with van der Waals surface area (Å²) in [6.45, 7) is 1.79. The van der Waals surface area contributed by atoms with Gasteiger partial charge in [0.15, 0.2) is 5.60 Å². The Morgan fingerprint density at radius 2 is 2.12 bits per heavy atom. The van der Waals surface area contributed by atoms with Gasteiger partial charge < -0.3 is 20.1 Å². The van der Waals surface area contributed by atoms with Crippen molar-refractivity contribution in [1.82, 2.24) is 10.2 Å². The number of hydrogen-bond donors (Lipinski definition) is 2. The summed E-state index contributed by atoms with van der Waals surface area (Å²) in [4.78, 5) is 13.0. The first-order valence-corrected chi connectivity index (χ1v) is 7.79. The number of urea groups is 1. The van der Waals surface area contributed by atoms with E-state index < -0.39 is 30.8 Å². The number of carbonyl (C=O) groups is 1. The number of β-amino-alcohol motifs (C(OH)–C–C–N with tert-alkyl or cyclic N) is 1. The minimum atomic E-state index is -4.74. The Morgan fingerprint density at radius 1 is 1.42 bits per heavy atom. The zero-order chi connectivity index (χ0) is 17.8. The molecule has 1 unspecified atom stereocenters. The predicted molar refractivity (Wildman–Crippen MR) is 81.9 cm³/mol. The van der Waals surface area contributed by atoms with E-state index in [1.807, 2.05) is 31.2 Å². The molecule has 1 aromatic carbocycles. The maximum atomic E-state index is 12.7. The molecule has 1 saturated heterocycles. The van der Waals surface area contributed by atoms with Crippen molar-refractivity contribution in [1.29, 1.82) is 0 Å². The maximum Gasteiger partial charge on any atom is 0.419 e. The van der Waals surface area contributed by atoms with Crippen LogP contribution in [0, 0.1) is 0 Å². The van der Waals surface area contributed by atoms with Gasteiger partial charge in [-0.3, -0.25) is 0 Å². The molecule has 134 valence electrons. The fraction of sp³-hybridized carbons (Fsp3) is 0.562. The molecular weight excluding hydrogens is 325 g/mol. The number of hydrogen-bond acceptors (Lipinski definition) is 3. The van der Waals surface area contributed by atoms with Gasteiger partial charge in [0.05, 0.1) is 13.2 Å². The molecule has 2 amide bonds. The molecule has 1 aliphatic heterocycles. The summed E-state index contributed by atoms with van der Waals surface area (Å²) in [7, 11) is 0. The molecule has 5 nitrogen and oxygen atoms in total. The van der Waals surface area contributed by atoms with Gasteiger partial charge in [-0.05, 0) is 25.0 Å². The third-order valence-electron chi connectivity index (χ3n) is 4.01. The SMILES string of the molecule is CCOc1ccccc1CCNC(=O)N1CCC(O)(C(F)(F)F)C1. The van der Waals surface area contributed by atoms with Crippen LogP contribution in [0.3, 0.4) is 0 Å². The van der Waals surface area contributed by atoms with E-state index in [9.17, 15) is 23.1 Å². The van der Waals surface area contributed by atoms with Crippen LogP contribution in [0.2, 0.25) is 0 Å². The number of para-hydroxylation sites is 1. The summed E-state index contributed by atoms with van der Waals surface area (Å²) in [5, 5.41) is 12.2. The van der Waals surface area contributed by atoms with Crippen molar-refractivity contribution in [3.8, 4) is 5.75 Å². The number of ether oxygens (including phenoxy) is 1. The lowest BCUT2D eigenvalue weighted by Gasteiger charge is -2.26. The monoisotopic (exact) mass is 346 g/mol. The van der Waals surface area contributed by atoms with Crippen LogP contribution in [0.15, 0.2) is 24.3 Å². The Hall–Kier alpha value is -1.96. The lowest BCUT2D eigenvalue weighted by Crippen LogP contribution is -2.49. The summed E-state index contributed by atoms with van der Waals surface area (Å²) >= 11 is 0. The third kappa shape index (κ3) is 4.11. The van der Waals surface area contributed by atoms with E-state index in [1.54, 1.807) is 0 Å². The summed E-state index contributed by atoms with van der Waals surface area (Å²) < 4.78 is 43.7. The number of halogens is 3. The van der Waals surface area contributed by atoms with Gasteiger partial charge in [-0.1, -0.05) is 18.2 Å². The summed E-state index contributed by atoms with van der Waals surface area (Å²) in [6.07, 6.45) is -4.74. The van der Waals surface area contributed by atoms with E-state index >= 15 is 0 Å². The van der Waals surface area contributed by atoms with Crippen LogP contribution < -0.4 is 10.1 Å². The van der Waals surface area contributed by atoms with Gasteiger partial charge in [-0.25, -0.2) is 4.79 Å². The lowest BCUT2D eigenvalue weighted by atomic mass is 10.0. The number of nitrogens with zero attached hydrogens (tertiary/aromatic N) is 1. The molecule has 0 spiro atoms. The van der Waals surface area contributed by atoms with Crippen LogP contribution in [0.1, 0.15) is 18.9 Å². The van der Waals surface area contributed by atoms with Gasteiger partial charge in [0.1, 0.15) is 5.75 Å². The predicted octanol–water partition coefficient (Wildman–Crippen LogP) is 2.34. The number of likely N-dealkylation sites (tertiary alicyclic amines) is 1. The van der Waals surface area contributed by atoms with Crippen molar-refractivity contribution in [2.45, 2.75) is 31.5 Å². The fourth-order valence-corrected chi connectivity index (χ4v) is 2.62. The van der Waals surface area contributed by atoms with Crippen LogP contribution in [-0.4, -0.2) is 54.1 Å². The number of aliphatic hydroxyl groups is 1. The third-order valence-corrected chi connectivity index (χ3v) is 4.01. The van der Waals surface area contributed by atoms with E-state index in [0.717, 1.165) is 16.2 Å². The second kappa shape index (κ2) is 7.29. The van der Waals surface area contributed by atoms with Crippen molar-refractivity contribution in [3.05, 3.63) is 29.8 Å². The summed E-state index contributed by atoms with van der Waals surface area (Å²) in [6, 6.07) is 6.78. The second-order valence-electron chi connectivity index (χ2n) is 5.72. The molecule has 0 saturated carbocycles. The number of rotatable bonds is 5. The molecule has 1 heterocycles. The highest BCUT2D eigenvalue weighted by Gasteiger charge is 2.57. The first-order valence-electron chi connectivity index (χ1n) is 7.79. The molecule has 0 bridgehead atoms. The minimum absolute atomic E-state index is 0.128. The molecular formula is C16H21F3N2O3. The molecule has 1 fully saturated rings. The van der Waals surface area contributed by atoms with E-state index in [0.29, 0.717) is 13.0 Å². The maximum absolute atomic E-state index is 12.7. The minimum Gasteiger partial charge on any atom is -0.494 e. The molecule has 1 atom stereocenters. The highest BCUT2D eigenvalue weighted by molar-refractivity contribution is 5.74. The van der Waals surface area contributed by atoms with E-state index in [4.69, 9.17) is 4.74 Å². The standard InChI is InChI=1S/C16H21F3N2O3/c1-2-24-13-6-4-3-5-12(13)7-9-20-14(22)21-10-8-15(23,11-21)16(17,18)19/h3-6,23H,2,7-11H2,1H3,(H,20,22). The zero-order valence-corrected chi connectivity index (χ0v) is 13.4. The van der Waals surface area contributed by atoms with E-state index in [2.05, 4.69) is 5.32 Å². The average molecular weight is 346 g/mol. The molecule has 1 aromatic rings.